The van der Waals surface area contributed by atoms with Crippen molar-refractivity contribution in [3.63, 3.8) is 0 Å². The highest BCUT2D eigenvalue weighted by molar-refractivity contribution is 7.13. The third kappa shape index (κ3) is 4.05. The van der Waals surface area contributed by atoms with E-state index < -0.39 is 0 Å². The topological polar surface area (TPSA) is 42.0 Å². The van der Waals surface area contributed by atoms with Gasteiger partial charge in [-0.15, -0.1) is 11.3 Å². The molecule has 0 unspecified atom stereocenters. The second-order valence-corrected chi connectivity index (χ2v) is 6.24. The van der Waals surface area contributed by atoms with Crippen molar-refractivity contribution < 1.29 is 4.79 Å². The molecule has 1 amide bonds. The molecule has 0 saturated carbocycles. The average molecular weight is 322 g/mol. The van der Waals surface area contributed by atoms with Crippen molar-refractivity contribution in [3.8, 4) is 10.6 Å². The number of thiazole rings is 1. The van der Waals surface area contributed by atoms with E-state index in [1.165, 1.54) is 0 Å². The minimum atomic E-state index is -0.00809. The predicted octanol–water partition coefficient (Wildman–Crippen LogP) is 4.23. The zero-order valence-electron chi connectivity index (χ0n) is 12.9. The van der Waals surface area contributed by atoms with E-state index in [4.69, 9.17) is 0 Å². The van der Waals surface area contributed by atoms with Crippen LogP contribution in [-0.2, 0) is 11.2 Å². The van der Waals surface area contributed by atoms with Crippen LogP contribution in [0.2, 0.25) is 0 Å². The van der Waals surface area contributed by atoms with Gasteiger partial charge in [0.1, 0.15) is 5.01 Å². The van der Waals surface area contributed by atoms with Crippen molar-refractivity contribution in [3.05, 3.63) is 77.3 Å². The predicted molar refractivity (Wildman–Crippen MR) is 94.3 cm³/mol. The summed E-state index contributed by atoms with van der Waals surface area (Å²) >= 11 is 1.57. The fraction of sp³-hybridized carbons (Fsp3) is 0.158. The highest BCUT2D eigenvalue weighted by Gasteiger charge is 2.12. The van der Waals surface area contributed by atoms with Crippen molar-refractivity contribution in [2.75, 3.05) is 0 Å². The molecule has 0 aliphatic rings. The van der Waals surface area contributed by atoms with Gasteiger partial charge in [-0.3, -0.25) is 4.79 Å². The summed E-state index contributed by atoms with van der Waals surface area (Å²) in [5, 5.41) is 5.92. The maximum Gasteiger partial charge on any atom is 0.226 e. The quantitative estimate of drug-likeness (QED) is 0.764. The summed E-state index contributed by atoms with van der Waals surface area (Å²) in [4.78, 5) is 16.8. The first-order valence-corrected chi connectivity index (χ1v) is 8.44. The maximum absolute atomic E-state index is 12.2. The van der Waals surface area contributed by atoms with Gasteiger partial charge < -0.3 is 5.32 Å². The first-order chi connectivity index (χ1) is 11.2. The Morgan fingerprint density at radius 2 is 1.74 bits per heavy atom. The molecule has 2 aromatic carbocycles. The van der Waals surface area contributed by atoms with E-state index in [-0.39, 0.29) is 11.9 Å². The van der Waals surface area contributed by atoms with Gasteiger partial charge in [0.25, 0.3) is 0 Å². The monoisotopic (exact) mass is 322 g/mol. The Hall–Kier alpha value is -2.46. The number of carbonyl (C=O) groups excluding carboxylic acids is 1. The minimum Gasteiger partial charge on any atom is -0.349 e. The van der Waals surface area contributed by atoms with Gasteiger partial charge in [0.15, 0.2) is 0 Å². The molecule has 0 radical (unpaired) electrons. The molecule has 3 aromatic rings. The molecule has 0 fully saturated rings. The Morgan fingerprint density at radius 1 is 1.09 bits per heavy atom. The lowest BCUT2D eigenvalue weighted by molar-refractivity contribution is -0.121. The van der Waals surface area contributed by atoms with Crippen LogP contribution in [0.3, 0.4) is 0 Å². The van der Waals surface area contributed by atoms with Gasteiger partial charge in [-0.1, -0.05) is 60.7 Å². The van der Waals surface area contributed by atoms with Gasteiger partial charge in [0, 0.05) is 10.9 Å². The van der Waals surface area contributed by atoms with Crippen molar-refractivity contribution in [1.82, 2.24) is 10.3 Å². The summed E-state index contributed by atoms with van der Waals surface area (Å²) in [5.41, 5.74) is 3.00. The van der Waals surface area contributed by atoms with E-state index in [1.54, 1.807) is 11.3 Å². The van der Waals surface area contributed by atoms with Crippen LogP contribution < -0.4 is 5.32 Å². The molecule has 0 bridgehead atoms. The molecule has 1 atom stereocenters. The van der Waals surface area contributed by atoms with Crippen LogP contribution in [0.1, 0.15) is 24.2 Å². The van der Waals surface area contributed by atoms with Crippen LogP contribution in [0.15, 0.2) is 66.0 Å². The molecule has 0 aliphatic heterocycles. The van der Waals surface area contributed by atoms with Crippen LogP contribution >= 0.6 is 11.3 Å². The lowest BCUT2D eigenvalue weighted by Gasteiger charge is -2.13. The lowest BCUT2D eigenvalue weighted by atomic mass is 10.1. The molecule has 1 heterocycles. The normalized spacial score (nSPS) is 11.9. The molecule has 23 heavy (non-hydrogen) atoms. The third-order valence-corrected chi connectivity index (χ3v) is 4.53. The highest BCUT2D eigenvalue weighted by Crippen LogP contribution is 2.23. The van der Waals surface area contributed by atoms with Gasteiger partial charge in [0.05, 0.1) is 18.2 Å². The van der Waals surface area contributed by atoms with Gasteiger partial charge in [-0.25, -0.2) is 4.98 Å². The Balaban J connectivity index is 1.61. The van der Waals surface area contributed by atoms with E-state index in [0.29, 0.717) is 6.42 Å². The third-order valence-electron chi connectivity index (χ3n) is 3.59. The molecule has 0 spiro atoms. The Bertz CT molecular complexity index is 768. The number of rotatable bonds is 5. The lowest BCUT2D eigenvalue weighted by Crippen LogP contribution is -2.28. The Morgan fingerprint density at radius 3 is 2.43 bits per heavy atom. The van der Waals surface area contributed by atoms with Crippen LogP contribution in [0, 0.1) is 0 Å². The van der Waals surface area contributed by atoms with E-state index in [2.05, 4.69) is 10.3 Å². The fourth-order valence-corrected chi connectivity index (χ4v) is 3.21. The Kier molecular flexibility index (Phi) is 4.83. The van der Waals surface area contributed by atoms with Gasteiger partial charge >= 0.3 is 0 Å². The van der Waals surface area contributed by atoms with Crippen LogP contribution in [0.5, 0.6) is 0 Å². The average Bonchev–Trinajstić information content (AvgIpc) is 3.04. The maximum atomic E-state index is 12.2. The fourth-order valence-electron chi connectivity index (χ4n) is 2.38. The van der Waals surface area contributed by atoms with Crippen molar-refractivity contribution in [2.45, 2.75) is 19.4 Å². The molecule has 1 N–H and O–H groups in total. The van der Waals surface area contributed by atoms with E-state index >= 15 is 0 Å². The first kappa shape index (κ1) is 15.4. The standard InChI is InChI=1S/C19H18N2OS/c1-14(15-8-4-2-5-9-15)20-18(22)12-17-13-23-19(21-17)16-10-6-3-7-11-16/h2-11,13-14H,12H2,1H3,(H,20,22)/t14-/m1/s1. The molecule has 3 nitrogen and oxygen atoms in total. The number of amides is 1. The zero-order valence-corrected chi connectivity index (χ0v) is 13.7. The molecule has 0 aliphatic carbocycles. The summed E-state index contributed by atoms with van der Waals surface area (Å²) in [7, 11) is 0. The second kappa shape index (κ2) is 7.20. The van der Waals surface area contributed by atoms with Crippen LogP contribution in [0.4, 0.5) is 0 Å². The number of nitrogens with zero attached hydrogens (tertiary/aromatic N) is 1. The molecule has 0 saturated heterocycles. The molecular weight excluding hydrogens is 304 g/mol. The molecule has 3 rings (SSSR count). The summed E-state index contributed by atoms with van der Waals surface area (Å²) in [6.07, 6.45) is 0.306. The summed E-state index contributed by atoms with van der Waals surface area (Å²) in [6, 6.07) is 20.0. The number of carbonyl (C=O) groups is 1. The van der Waals surface area contributed by atoms with E-state index in [0.717, 1.165) is 21.8 Å². The molecule has 116 valence electrons. The van der Waals surface area contributed by atoms with Gasteiger partial charge in [-0.2, -0.15) is 0 Å². The van der Waals surface area contributed by atoms with Gasteiger partial charge in [-0.05, 0) is 12.5 Å². The molecule has 4 heteroatoms. The Labute approximate surface area is 140 Å². The number of aromatic nitrogens is 1. The minimum absolute atomic E-state index is 0.00377. The first-order valence-electron chi connectivity index (χ1n) is 7.56. The van der Waals surface area contributed by atoms with E-state index in [1.807, 2.05) is 73.0 Å². The van der Waals surface area contributed by atoms with Crippen molar-refractivity contribution >= 4 is 17.2 Å². The molecule has 1 aromatic heterocycles. The number of hydrogen-bond acceptors (Lipinski definition) is 3. The summed E-state index contributed by atoms with van der Waals surface area (Å²) in [5.74, 6) is -0.00809. The van der Waals surface area contributed by atoms with Crippen molar-refractivity contribution in [1.29, 1.82) is 0 Å². The largest absolute Gasteiger partial charge is 0.349 e. The number of hydrogen-bond donors (Lipinski definition) is 1. The zero-order chi connectivity index (χ0) is 16.1. The number of benzene rings is 2. The summed E-state index contributed by atoms with van der Waals surface area (Å²) in [6.45, 7) is 1.99. The van der Waals surface area contributed by atoms with E-state index in [9.17, 15) is 4.79 Å². The highest BCUT2D eigenvalue weighted by atomic mass is 32.1. The second-order valence-electron chi connectivity index (χ2n) is 5.39. The summed E-state index contributed by atoms with van der Waals surface area (Å²) < 4.78 is 0. The van der Waals surface area contributed by atoms with Crippen LogP contribution in [-0.4, -0.2) is 10.9 Å². The van der Waals surface area contributed by atoms with Gasteiger partial charge in [0.2, 0.25) is 5.91 Å². The van der Waals surface area contributed by atoms with Crippen molar-refractivity contribution in [2.24, 2.45) is 0 Å². The molecular formula is C19H18N2OS. The van der Waals surface area contributed by atoms with Crippen LogP contribution in [0.25, 0.3) is 10.6 Å². The SMILES string of the molecule is C[C@@H](NC(=O)Cc1csc(-c2ccccc2)n1)c1ccccc1. The smallest absolute Gasteiger partial charge is 0.226 e. The number of nitrogens with one attached hydrogen (secondary N) is 1.